The second kappa shape index (κ2) is 5.50. The first-order chi connectivity index (χ1) is 10.2. The number of carbonyl (C=O) groups excluding carboxylic acids is 1. The van der Waals surface area contributed by atoms with Crippen LogP contribution in [0.15, 0.2) is 59.8 Å². The van der Waals surface area contributed by atoms with Crippen molar-refractivity contribution in [1.82, 2.24) is 10.4 Å². The Labute approximate surface area is 120 Å². The average Bonchev–Trinajstić information content (AvgIpc) is 2.99. The third kappa shape index (κ3) is 2.76. The van der Waals surface area contributed by atoms with Crippen molar-refractivity contribution in [3.05, 3.63) is 66.0 Å². The smallest absolute Gasteiger partial charge is 0.275 e. The minimum atomic E-state index is -0.457. The number of hydrogen-bond donors (Lipinski definition) is 3. The largest absolute Gasteiger partial charge is 0.507 e. The van der Waals surface area contributed by atoms with Crippen LogP contribution >= 0.6 is 0 Å². The lowest BCUT2D eigenvalue weighted by atomic mass is 10.1. The Hall–Kier alpha value is -3.08. The molecule has 0 saturated heterocycles. The van der Waals surface area contributed by atoms with Crippen molar-refractivity contribution >= 4 is 22.9 Å². The van der Waals surface area contributed by atoms with Gasteiger partial charge in [0.2, 0.25) is 0 Å². The summed E-state index contributed by atoms with van der Waals surface area (Å²) in [7, 11) is 0. The van der Waals surface area contributed by atoms with Crippen molar-refractivity contribution in [1.29, 1.82) is 0 Å². The van der Waals surface area contributed by atoms with E-state index >= 15 is 0 Å². The molecule has 1 aromatic heterocycles. The predicted octanol–water partition coefficient (Wildman–Crippen LogP) is 2.64. The van der Waals surface area contributed by atoms with Crippen molar-refractivity contribution in [3.8, 4) is 5.75 Å². The van der Waals surface area contributed by atoms with Crippen molar-refractivity contribution in [2.45, 2.75) is 0 Å². The molecule has 3 rings (SSSR count). The van der Waals surface area contributed by atoms with E-state index in [1.807, 2.05) is 36.4 Å². The number of rotatable bonds is 3. The Morgan fingerprint density at radius 1 is 1.14 bits per heavy atom. The van der Waals surface area contributed by atoms with E-state index in [9.17, 15) is 9.90 Å². The van der Waals surface area contributed by atoms with E-state index in [1.165, 1.54) is 6.21 Å². The van der Waals surface area contributed by atoms with E-state index in [1.54, 1.807) is 18.3 Å². The van der Waals surface area contributed by atoms with Gasteiger partial charge in [-0.3, -0.25) is 4.79 Å². The lowest BCUT2D eigenvalue weighted by Crippen LogP contribution is -2.17. The van der Waals surface area contributed by atoms with Crippen molar-refractivity contribution < 1.29 is 9.90 Å². The van der Waals surface area contributed by atoms with Crippen LogP contribution in [0.4, 0.5) is 0 Å². The van der Waals surface area contributed by atoms with E-state index in [0.29, 0.717) is 0 Å². The second-order valence-corrected chi connectivity index (χ2v) is 4.54. The second-order valence-electron chi connectivity index (χ2n) is 4.54. The van der Waals surface area contributed by atoms with Crippen LogP contribution in [0.2, 0.25) is 0 Å². The number of fused-ring (bicyclic) bond motifs is 1. The number of aromatic amines is 1. The number of amides is 1. The van der Waals surface area contributed by atoms with E-state index < -0.39 is 5.91 Å². The molecule has 0 bridgehead atoms. The number of nitrogens with zero attached hydrogens (tertiary/aromatic N) is 1. The number of aromatic nitrogens is 1. The minimum Gasteiger partial charge on any atom is -0.507 e. The van der Waals surface area contributed by atoms with Gasteiger partial charge < -0.3 is 10.1 Å². The molecule has 21 heavy (non-hydrogen) atoms. The Bertz CT molecular complexity index is 808. The van der Waals surface area contributed by atoms with Crippen LogP contribution in [-0.4, -0.2) is 22.2 Å². The van der Waals surface area contributed by atoms with E-state index in [4.69, 9.17) is 0 Å². The molecule has 0 saturated carbocycles. The van der Waals surface area contributed by atoms with E-state index in [-0.39, 0.29) is 11.3 Å². The van der Waals surface area contributed by atoms with Crippen LogP contribution in [-0.2, 0) is 0 Å². The van der Waals surface area contributed by atoms with Crippen LogP contribution in [0.25, 0.3) is 10.8 Å². The summed E-state index contributed by atoms with van der Waals surface area (Å²) in [5, 5.41) is 15.5. The van der Waals surface area contributed by atoms with Crippen LogP contribution in [0.1, 0.15) is 16.1 Å². The normalized spacial score (nSPS) is 11.0. The summed E-state index contributed by atoms with van der Waals surface area (Å²) < 4.78 is 0. The number of phenols is 1. The molecule has 0 aliphatic carbocycles. The molecule has 2 aromatic carbocycles. The van der Waals surface area contributed by atoms with E-state index in [0.717, 1.165) is 16.5 Å². The summed E-state index contributed by atoms with van der Waals surface area (Å²) >= 11 is 0. The maximum absolute atomic E-state index is 12.0. The predicted molar refractivity (Wildman–Crippen MR) is 81.5 cm³/mol. The molecule has 0 radical (unpaired) electrons. The van der Waals surface area contributed by atoms with Crippen LogP contribution in [0.3, 0.4) is 0 Å². The van der Waals surface area contributed by atoms with Crippen molar-refractivity contribution in [2.24, 2.45) is 5.10 Å². The van der Waals surface area contributed by atoms with Crippen LogP contribution < -0.4 is 5.43 Å². The summed E-state index contributed by atoms with van der Waals surface area (Å²) in [5.41, 5.74) is 3.36. The number of nitrogens with one attached hydrogen (secondary N) is 2. The first kappa shape index (κ1) is 12.9. The third-order valence-corrected chi connectivity index (χ3v) is 3.10. The van der Waals surface area contributed by atoms with Gasteiger partial charge in [-0.05, 0) is 35.0 Å². The molecule has 0 spiro atoms. The Morgan fingerprint density at radius 2 is 1.90 bits per heavy atom. The maximum atomic E-state index is 12.0. The summed E-state index contributed by atoms with van der Waals surface area (Å²) in [6, 6.07) is 14.4. The number of carbonyl (C=O) groups is 1. The number of H-pyrrole nitrogens is 1. The molecule has 5 heteroatoms. The molecule has 0 atom stereocenters. The molecule has 1 heterocycles. The zero-order chi connectivity index (χ0) is 14.7. The maximum Gasteiger partial charge on any atom is 0.275 e. The average molecular weight is 279 g/mol. The van der Waals surface area contributed by atoms with Gasteiger partial charge in [-0.1, -0.05) is 24.3 Å². The van der Waals surface area contributed by atoms with Gasteiger partial charge in [0, 0.05) is 6.20 Å². The number of aromatic hydroxyl groups is 1. The van der Waals surface area contributed by atoms with Gasteiger partial charge in [-0.25, -0.2) is 5.43 Å². The zero-order valence-electron chi connectivity index (χ0n) is 11.1. The van der Waals surface area contributed by atoms with E-state index in [2.05, 4.69) is 15.5 Å². The van der Waals surface area contributed by atoms with Gasteiger partial charge in [0.25, 0.3) is 5.91 Å². The lowest BCUT2D eigenvalue weighted by Gasteiger charge is -2.05. The summed E-state index contributed by atoms with van der Waals surface area (Å²) in [6.07, 6.45) is 3.26. The topological polar surface area (TPSA) is 77.5 Å². The quantitative estimate of drug-likeness (QED) is 0.509. The molecular weight excluding hydrogens is 266 g/mol. The summed E-state index contributed by atoms with van der Waals surface area (Å²) in [6.45, 7) is 0. The SMILES string of the molecule is O=C(N/N=C/c1ccc[nH]1)c1cc2ccccc2cc1O. The van der Waals surface area contributed by atoms with Gasteiger partial charge >= 0.3 is 0 Å². The van der Waals surface area contributed by atoms with Crippen molar-refractivity contribution in [3.63, 3.8) is 0 Å². The molecule has 0 fully saturated rings. The molecule has 104 valence electrons. The molecule has 5 nitrogen and oxygen atoms in total. The molecule has 1 amide bonds. The fraction of sp³-hybridized carbons (Fsp3) is 0. The highest BCUT2D eigenvalue weighted by atomic mass is 16.3. The number of hydrazone groups is 1. The summed E-state index contributed by atoms with van der Waals surface area (Å²) in [4.78, 5) is 15.0. The highest BCUT2D eigenvalue weighted by Crippen LogP contribution is 2.24. The number of benzene rings is 2. The Balaban J connectivity index is 1.82. The number of phenolic OH excluding ortho intramolecular Hbond substituents is 1. The van der Waals surface area contributed by atoms with Crippen molar-refractivity contribution in [2.75, 3.05) is 0 Å². The number of hydrogen-bond acceptors (Lipinski definition) is 3. The Morgan fingerprint density at radius 3 is 2.62 bits per heavy atom. The molecular formula is C16H13N3O2. The van der Waals surface area contributed by atoms with Gasteiger partial charge in [-0.15, -0.1) is 0 Å². The third-order valence-electron chi connectivity index (χ3n) is 3.10. The highest BCUT2D eigenvalue weighted by Gasteiger charge is 2.11. The fourth-order valence-corrected chi connectivity index (χ4v) is 2.06. The summed E-state index contributed by atoms with van der Waals surface area (Å²) in [5.74, 6) is -0.526. The molecule has 0 aliphatic heterocycles. The first-order valence-electron chi connectivity index (χ1n) is 6.42. The van der Waals surface area contributed by atoms with Gasteiger partial charge in [0.15, 0.2) is 0 Å². The van der Waals surface area contributed by atoms with Gasteiger partial charge in [0.05, 0.1) is 17.5 Å². The minimum absolute atomic E-state index is 0.0683. The molecule has 3 N–H and O–H groups in total. The van der Waals surface area contributed by atoms with Crippen LogP contribution in [0.5, 0.6) is 5.75 Å². The van der Waals surface area contributed by atoms with Crippen LogP contribution in [0, 0.1) is 0 Å². The lowest BCUT2D eigenvalue weighted by molar-refractivity contribution is 0.0952. The first-order valence-corrected chi connectivity index (χ1v) is 6.42. The molecule has 3 aromatic rings. The van der Waals surface area contributed by atoms with Gasteiger partial charge in [0.1, 0.15) is 5.75 Å². The Kier molecular flexibility index (Phi) is 3.39. The molecule has 0 unspecified atom stereocenters. The van der Waals surface area contributed by atoms with Gasteiger partial charge in [-0.2, -0.15) is 5.10 Å². The molecule has 0 aliphatic rings. The fourth-order valence-electron chi connectivity index (χ4n) is 2.06. The highest BCUT2D eigenvalue weighted by molar-refractivity contribution is 6.01. The standard InChI is InChI=1S/C16H13N3O2/c20-15-9-12-5-2-1-4-11(12)8-14(15)16(21)19-18-10-13-6-3-7-17-13/h1-10,17,20H,(H,19,21)/b18-10+. The zero-order valence-corrected chi connectivity index (χ0v) is 11.1. The monoisotopic (exact) mass is 279 g/mol.